The first-order valence-electron chi connectivity index (χ1n) is 5.92. The van der Waals surface area contributed by atoms with Crippen LogP contribution >= 0.6 is 0 Å². The molecule has 20 heavy (non-hydrogen) atoms. The largest absolute Gasteiger partial charge is 0.496 e. The molecule has 0 saturated carbocycles. The Hall–Kier alpha value is -2.43. The summed E-state index contributed by atoms with van der Waals surface area (Å²) in [5.74, 6) is -1.53. The third-order valence-corrected chi connectivity index (χ3v) is 2.78. The van der Waals surface area contributed by atoms with E-state index in [2.05, 4.69) is 5.32 Å². The zero-order chi connectivity index (χ0) is 14.7. The van der Waals surface area contributed by atoms with Crippen molar-refractivity contribution in [2.24, 2.45) is 0 Å². The molecule has 1 amide bonds. The lowest BCUT2D eigenvalue weighted by Gasteiger charge is -2.10. The first-order chi connectivity index (χ1) is 9.51. The molecular formula is C15H13F2NO2. The second kappa shape index (κ2) is 5.69. The fourth-order valence-corrected chi connectivity index (χ4v) is 1.77. The van der Waals surface area contributed by atoms with E-state index >= 15 is 0 Å². The van der Waals surface area contributed by atoms with E-state index in [0.717, 1.165) is 11.6 Å². The first kappa shape index (κ1) is 14.0. The van der Waals surface area contributed by atoms with E-state index in [1.165, 1.54) is 31.4 Å². The summed E-state index contributed by atoms with van der Waals surface area (Å²) in [5, 5.41) is 2.40. The number of amides is 1. The van der Waals surface area contributed by atoms with Crippen molar-refractivity contribution in [2.75, 3.05) is 12.4 Å². The van der Waals surface area contributed by atoms with Gasteiger partial charge in [0.25, 0.3) is 5.91 Å². The molecule has 5 heteroatoms. The molecule has 0 bridgehead atoms. The van der Waals surface area contributed by atoms with Crippen molar-refractivity contribution in [3.05, 3.63) is 59.2 Å². The SMILES string of the molecule is COc1ccc(F)cc1C(=O)Nc1ccc(C)cc1F. The molecule has 3 nitrogen and oxygen atoms in total. The number of benzene rings is 2. The van der Waals surface area contributed by atoms with Crippen molar-refractivity contribution in [1.29, 1.82) is 0 Å². The zero-order valence-electron chi connectivity index (χ0n) is 11.0. The van der Waals surface area contributed by atoms with Crippen molar-refractivity contribution < 1.29 is 18.3 Å². The average molecular weight is 277 g/mol. The summed E-state index contributed by atoms with van der Waals surface area (Å²) in [7, 11) is 1.37. The second-order valence-electron chi connectivity index (χ2n) is 4.28. The van der Waals surface area contributed by atoms with Gasteiger partial charge in [-0.25, -0.2) is 8.78 Å². The lowest BCUT2D eigenvalue weighted by atomic mass is 10.1. The van der Waals surface area contributed by atoms with Gasteiger partial charge in [-0.3, -0.25) is 4.79 Å². The summed E-state index contributed by atoms with van der Waals surface area (Å²) in [6.07, 6.45) is 0. The molecule has 0 aliphatic rings. The van der Waals surface area contributed by atoms with Gasteiger partial charge in [-0.05, 0) is 42.8 Å². The molecule has 2 aromatic rings. The summed E-state index contributed by atoms with van der Waals surface area (Å²) in [5.41, 5.74) is 0.781. The highest BCUT2D eigenvalue weighted by molar-refractivity contribution is 6.06. The van der Waals surface area contributed by atoms with Crippen LogP contribution in [0.4, 0.5) is 14.5 Å². The molecule has 0 atom stereocenters. The van der Waals surface area contributed by atoms with Gasteiger partial charge in [-0.1, -0.05) is 6.07 Å². The average Bonchev–Trinajstić information content (AvgIpc) is 2.41. The topological polar surface area (TPSA) is 38.3 Å². The number of methoxy groups -OCH3 is 1. The van der Waals surface area contributed by atoms with Crippen molar-refractivity contribution in [1.82, 2.24) is 0 Å². The number of rotatable bonds is 3. The van der Waals surface area contributed by atoms with Crippen LogP contribution in [0.1, 0.15) is 15.9 Å². The van der Waals surface area contributed by atoms with Crippen molar-refractivity contribution >= 4 is 11.6 Å². The highest BCUT2D eigenvalue weighted by Crippen LogP contribution is 2.22. The van der Waals surface area contributed by atoms with Crippen LogP contribution in [0, 0.1) is 18.6 Å². The van der Waals surface area contributed by atoms with Crippen LogP contribution in [0.15, 0.2) is 36.4 Å². The van der Waals surface area contributed by atoms with Gasteiger partial charge in [0, 0.05) is 0 Å². The highest BCUT2D eigenvalue weighted by atomic mass is 19.1. The zero-order valence-corrected chi connectivity index (χ0v) is 11.0. The monoisotopic (exact) mass is 277 g/mol. The molecule has 2 rings (SSSR count). The Morgan fingerprint density at radius 3 is 2.55 bits per heavy atom. The number of aryl methyl sites for hydroxylation is 1. The van der Waals surface area contributed by atoms with Gasteiger partial charge in [-0.2, -0.15) is 0 Å². The van der Waals surface area contributed by atoms with Gasteiger partial charge in [-0.15, -0.1) is 0 Å². The Balaban J connectivity index is 2.30. The molecule has 2 aromatic carbocycles. The maximum Gasteiger partial charge on any atom is 0.259 e. The summed E-state index contributed by atoms with van der Waals surface area (Å²) in [4.78, 5) is 12.1. The minimum atomic E-state index is -0.635. The minimum absolute atomic E-state index is 0.00692. The molecule has 104 valence electrons. The molecule has 0 heterocycles. The molecule has 0 aromatic heterocycles. The van der Waals surface area contributed by atoms with Crippen LogP contribution in [0.25, 0.3) is 0 Å². The minimum Gasteiger partial charge on any atom is -0.496 e. The number of nitrogens with one attached hydrogen (secondary N) is 1. The molecule has 0 fully saturated rings. The predicted octanol–water partition coefficient (Wildman–Crippen LogP) is 3.53. The summed E-state index contributed by atoms with van der Waals surface area (Å²) in [6.45, 7) is 1.74. The van der Waals surface area contributed by atoms with Gasteiger partial charge in [0.15, 0.2) is 0 Å². The van der Waals surface area contributed by atoms with Gasteiger partial charge in [0.05, 0.1) is 18.4 Å². The normalized spacial score (nSPS) is 10.2. The van der Waals surface area contributed by atoms with Crippen LogP contribution in [-0.4, -0.2) is 13.0 Å². The van der Waals surface area contributed by atoms with Crippen LogP contribution in [-0.2, 0) is 0 Å². The van der Waals surface area contributed by atoms with E-state index in [1.54, 1.807) is 13.0 Å². The number of hydrogen-bond donors (Lipinski definition) is 1. The van der Waals surface area contributed by atoms with E-state index in [9.17, 15) is 13.6 Å². The van der Waals surface area contributed by atoms with E-state index in [1.807, 2.05) is 0 Å². The molecule has 0 saturated heterocycles. The van der Waals surface area contributed by atoms with Crippen molar-refractivity contribution in [3.8, 4) is 5.75 Å². The smallest absolute Gasteiger partial charge is 0.259 e. The Morgan fingerprint density at radius 1 is 1.15 bits per heavy atom. The van der Waals surface area contributed by atoms with Crippen LogP contribution in [0.5, 0.6) is 5.75 Å². The summed E-state index contributed by atoms with van der Waals surface area (Å²) in [6, 6.07) is 7.99. The summed E-state index contributed by atoms with van der Waals surface area (Å²) < 4.78 is 31.9. The third kappa shape index (κ3) is 2.93. The van der Waals surface area contributed by atoms with Gasteiger partial charge in [0.2, 0.25) is 0 Å². The molecular weight excluding hydrogens is 264 g/mol. The maximum atomic E-state index is 13.7. The molecule has 0 spiro atoms. The Bertz CT molecular complexity index is 656. The van der Waals surface area contributed by atoms with Gasteiger partial charge < -0.3 is 10.1 Å². The van der Waals surface area contributed by atoms with Crippen LogP contribution in [0.3, 0.4) is 0 Å². The number of carbonyl (C=O) groups excluding carboxylic acids is 1. The predicted molar refractivity (Wildman–Crippen MR) is 72.0 cm³/mol. The van der Waals surface area contributed by atoms with Crippen molar-refractivity contribution in [3.63, 3.8) is 0 Å². The number of hydrogen-bond acceptors (Lipinski definition) is 2. The van der Waals surface area contributed by atoms with Crippen LogP contribution < -0.4 is 10.1 Å². The fourth-order valence-electron chi connectivity index (χ4n) is 1.77. The Kier molecular flexibility index (Phi) is 3.98. The van der Waals surface area contributed by atoms with E-state index in [0.29, 0.717) is 0 Å². The number of carbonyl (C=O) groups is 1. The molecule has 1 N–H and O–H groups in total. The standard InChI is InChI=1S/C15H13F2NO2/c1-9-3-5-13(12(17)7-9)18-15(19)11-8-10(16)4-6-14(11)20-2/h3-8H,1-2H3,(H,18,19). The fraction of sp³-hybridized carbons (Fsp3) is 0.133. The molecule has 0 aliphatic heterocycles. The number of anilines is 1. The third-order valence-electron chi connectivity index (χ3n) is 2.78. The summed E-state index contributed by atoms with van der Waals surface area (Å²) >= 11 is 0. The van der Waals surface area contributed by atoms with E-state index in [4.69, 9.17) is 4.74 Å². The van der Waals surface area contributed by atoms with Crippen molar-refractivity contribution in [2.45, 2.75) is 6.92 Å². The highest BCUT2D eigenvalue weighted by Gasteiger charge is 2.15. The van der Waals surface area contributed by atoms with Crippen LogP contribution in [0.2, 0.25) is 0 Å². The van der Waals surface area contributed by atoms with E-state index in [-0.39, 0.29) is 17.0 Å². The first-order valence-corrected chi connectivity index (χ1v) is 5.92. The van der Waals surface area contributed by atoms with Gasteiger partial charge >= 0.3 is 0 Å². The van der Waals surface area contributed by atoms with Gasteiger partial charge in [0.1, 0.15) is 17.4 Å². The quantitative estimate of drug-likeness (QED) is 0.932. The molecule has 0 unspecified atom stereocenters. The van der Waals surface area contributed by atoms with E-state index < -0.39 is 17.5 Å². The number of halogens is 2. The Labute approximate surface area is 115 Å². The Morgan fingerprint density at radius 2 is 1.90 bits per heavy atom. The second-order valence-corrected chi connectivity index (χ2v) is 4.28. The molecule has 0 radical (unpaired) electrons. The lowest BCUT2D eigenvalue weighted by molar-refractivity contribution is 0.102. The lowest BCUT2D eigenvalue weighted by Crippen LogP contribution is -2.14. The number of ether oxygens (including phenoxy) is 1. The maximum absolute atomic E-state index is 13.7. The molecule has 0 aliphatic carbocycles.